The number of hydrogen-bond donors (Lipinski definition) is 0. The molecule has 0 aliphatic heterocycles. The zero-order chi connectivity index (χ0) is 26.4. The molecule has 38 heavy (non-hydrogen) atoms. The maximum absolute atomic E-state index is 13.7. The Kier molecular flexibility index (Phi) is 6.20. The third-order valence-corrected chi connectivity index (χ3v) is 8.22. The summed E-state index contributed by atoms with van der Waals surface area (Å²) in [5.74, 6) is 1.44. The van der Waals surface area contributed by atoms with Crippen molar-refractivity contribution >= 4 is 38.6 Å². The van der Waals surface area contributed by atoms with Gasteiger partial charge < -0.3 is 18.6 Å². The van der Waals surface area contributed by atoms with Gasteiger partial charge in [-0.25, -0.2) is 15.0 Å². The van der Waals surface area contributed by atoms with Crippen molar-refractivity contribution in [2.75, 3.05) is 14.2 Å². The zero-order valence-electron chi connectivity index (χ0n) is 20.9. The van der Waals surface area contributed by atoms with Gasteiger partial charge in [0, 0.05) is 34.8 Å². The number of pyridine rings is 1. The molecule has 0 bridgehead atoms. The molecule has 0 spiro atoms. The van der Waals surface area contributed by atoms with Crippen LogP contribution in [0.5, 0.6) is 16.7 Å². The van der Waals surface area contributed by atoms with Crippen LogP contribution in [0, 0.1) is 5.95 Å². The van der Waals surface area contributed by atoms with Gasteiger partial charge in [-0.2, -0.15) is 8.91 Å². The summed E-state index contributed by atoms with van der Waals surface area (Å²) in [6, 6.07) is 8.66. The number of halogens is 1. The van der Waals surface area contributed by atoms with Gasteiger partial charge in [0.15, 0.2) is 5.76 Å². The highest BCUT2D eigenvalue weighted by atomic mass is 32.1. The first-order chi connectivity index (χ1) is 18.4. The minimum absolute atomic E-state index is 0.219. The highest BCUT2D eigenvalue weighted by Crippen LogP contribution is 2.39. The third-order valence-electron chi connectivity index (χ3n) is 5.89. The van der Waals surface area contributed by atoms with E-state index in [1.54, 1.807) is 31.0 Å². The van der Waals surface area contributed by atoms with Crippen molar-refractivity contribution in [3.05, 3.63) is 59.2 Å². The van der Waals surface area contributed by atoms with Gasteiger partial charge >= 0.3 is 0 Å². The fraction of sp³-hybridized carbons (Fsp3) is 0.231. The molecule has 0 saturated carbocycles. The number of ether oxygens (including phenoxy) is 3. The number of nitrogens with zero attached hydrogens (tertiary/aromatic N) is 5. The second-order valence-corrected chi connectivity index (χ2v) is 10.6. The van der Waals surface area contributed by atoms with Crippen LogP contribution < -0.4 is 14.2 Å². The molecular weight excluding hydrogens is 529 g/mol. The molecule has 0 amide bonds. The zero-order valence-corrected chi connectivity index (χ0v) is 22.5. The SMILES string of the molecule is COc1cc(OCc2nc(-c3ccnc(F)c3)sc2C(C)C)c2cc(-c3cnc4sc(OC)nn34)oc2c1. The lowest BCUT2D eigenvalue weighted by Gasteiger charge is -2.10. The van der Waals surface area contributed by atoms with Crippen LogP contribution in [-0.2, 0) is 6.61 Å². The van der Waals surface area contributed by atoms with E-state index in [0.29, 0.717) is 44.3 Å². The number of rotatable bonds is 8. The monoisotopic (exact) mass is 551 g/mol. The summed E-state index contributed by atoms with van der Waals surface area (Å²) in [5.41, 5.74) is 2.77. The lowest BCUT2D eigenvalue weighted by molar-refractivity contribution is 0.302. The highest BCUT2D eigenvalue weighted by Gasteiger charge is 2.20. The molecule has 12 heteroatoms. The molecule has 0 aliphatic carbocycles. The molecule has 0 unspecified atom stereocenters. The molecule has 0 fully saturated rings. The van der Waals surface area contributed by atoms with Crippen molar-refractivity contribution in [1.29, 1.82) is 0 Å². The van der Waals surface area contributed by atoms with E-state index in [2.05, 4.69) is 28.9 Å². The van der Waals surface area contributed by atoms with E-state index < -0.39 is 5.95 Å². The summed E-state index contributed by atoms with van der Waals surface area (Å²) in [7, 11) is 3.16. The Morgan fingerprint density at radius 1 is 1.08 bits per heavy atom. The summed E-state index contributed by atoms with van der Waals surface area (Å²) >= 11 is 2.87. The van der Waals surface area contributed by atoms with Gasteiger partial charge in [0.05, 0.1) is 31.5 Å². The summed E-state index contributed by atoms with van der Waals surface area (Å²) in [4.78, 5) is 14.6. The molecule has 0 aliphatic rings. The van der Waals surface area contributed by atoms with Crippen LogP contribution >= 0.6 is 22.7 Å². The average molecular weight is 552 g/mol. The minimum Gasteiger partial charge on any atom is -0.496 e. The normalized spacial score (nSPS) is 11.6. The molecule has 6 aromatic rings. The molecule has 1 aromatic carbocycles. The van der Waals surface area contributed by atoms with E-state index in [1.165, 1.54) is 34.9 Å². The van der Waals surface area contributed by atoms with E-state index in [0.717, 1.165) is 21.0 Å². The van der Waals surface area contributed by atoms with Crippen molar-refractivity contribution in [2.45, 2.75) is 26.4 Å². The van der Waals surface area contributed by atoms with Crippen LogP contribution in [0.15, 0.2) is 47.1 Å². The molecule has 0 saturated heterocycles. The van der Waals surface area contributed by atoms with Crippen LogP contribution in [0.1, 0.15) is 30.3 Å². The molecule has 0 atom stereocenters. The molecule has 5 heterocycles. The lowest BCUT2D eigenvalue weighted by Crippen LogP contribution is -2.01. The topological polar surface area (TPSA) is 96.8 Å². The fourth-order valence-electron chi connectivity index (χ4n) is 4.09. The number of benzene rings is 1. The van der Waals surface area contributed by atoms with Crippen LogP contribution in [0.3, 0.4) is 0 Å². The van der Waals surface area contributed by atoms with Gasteiger partial charge in [-0.3, -0.25) is 0 Å². The molecule has 6 rings (SSSR count). The van der Waals surface area contributed by atoms with Gasteiger partial charge in [-0.05, 0) is 29.4 Å². The first kappa shape index (κ1) is 24.3. The Labute approximate surface area is 224 Å². The number of aromatic nitrogens is 5. The van der Waals surface area contributed by atoms with E-state index in [-0.39, 0.29) is 12.5 Å². The third kappa shape index (κ3) is 4.35. The molecular formula is C26H22FN5O4S2. The van der Waals surface area contributed by atoms with Crippen molar-refractivity contribution in [3.63, 3.8) is 0 Å². The summed E-state index contributed by atoms with van der Waals surface area (Å²) in [6.07, 6.45) is 3.15. The number of methoxy groups -OCH3 is 2. The second kappa shape index (κ2) is 9.69. The Hall–Kier alpha value is -4.03. The first-order valence-electron chi connectivity index (χ1n) is 11.7. The van der Waals surface area contributed by atoms with Gasteiger partial charge in [0.1, 0.15) is 34.4 Å². The largest absolute Gasteiger partial charge is 0.496 e. The Morgan fingerprint density at radius 2 is 1.95 bits per heavy atom. The van der Waals surface area contributed by atoms with Crippen molar-refractivity contribution in [3.8, 4) is 38.7 Å². The van der Waals surface area contributed by atoms with Gasteiger partial charge in [0.2, 0.25) is 10.9 Å². The van der Waals surface area contributed by atoms with Crippen LogP contribution in [0.25, 0.3) is 38.0 Å². The van der Waals surface area contributed by atoms with Crippen LogP contribution in [0.4, 0.5) is 4.39 Å². The summed E-state index contributed by atoms with van der Waals surface area (Å²) < 4.78 is 38.6. The molecule has 5 aromatic heterocycles. The predicted molar refractivity (Wildman–Crippen MR) is 143 cm³/mol. The predicted octanol–water partition coefficient (Wildman–Crippen LogP) is 6.58. The number of thiazole rings is 1. The quantitative estimate of drug-likeness (QED) is 0.196. The van der Waals surface area contributed by atoms with Crippen LogP contribution in [0.2, 0.25) is 0 Å². The van der Waals surface area contributed by atoms with Gasteiger partial charge in [0.25, 0.3) is 5.19 Å². The van der Waals surface area contributed by atoms with E-state index in [9.17, 15) is 4.39 Å². The van der Waals surface area contributed by atoms with Crippen molar-refractivity contribution in [2.24, 2.45) is 0 Å². The first-order valence-corrected chi connectivity index (χ1v) is 13.3. The van der Waals surface area contributed by atoms with Crippen LogP contribution in [-0.4, -0.2) is 38.8 Å². The molecule has 0 radical (unpaired) electrons. The average Bonchev–Trinajstić information content (AvgIpc) is 3.68. The van der Waals surface area contributed by atoms with Crippen molar-refractivity contribution < 1.29 is 23.0 Å². The number of fused-ring (bicyclic) bond motifs is 2. The van der Waals surface area contributed by atoms with Gasteiger partial charge in [-0.15, -0.1) is 16.4 Å². The van der Waals surface area contributed by atoms with E-state index in [4.69, 9.17) is 23.6 Å². The maximum Gasteiger partial charge on any atom is 0.294 e. The van der Waals surface area contributed by atoms with E-state index >= 15 is 0 Å². The lowest BCUT2D eigenvalue weighted by atomic mass is 10.1. The Balaban J connectivity index is 1.36. The highest BCUT2D eigenvalue weighted by molar-refractivity contribution is 7.18. The summed E-state index contributed by atoms with van der Waals surface area (Å²) in [6.45, 7) is 4.42. The second-order valence-electron chi connectivity index (χ2n) is 8.70. The van der Waals surface area contributed by atoms with Gasteiger partial charge in [-0.1, -0.05) is 13.8 Å². The summed E-state index contributed by atoms with van der Waals surface area (Å²) in [5, 5.41) is 6.43. The van der Waals surface area contributed by atoms with E-state index in [1.807, 2.05) is 18.2 Å². The minimum atomic E-state index is -0.539. The van der Waals surface area contributed by atoms with Crippen molar-refractivity contribution in [1.82, 2.24) is 24.6 Å². The molecule has 9 nitrogen and oxygen atoms in total. The standard InChI is InChI=1S/C26H22FN5O4S2/c1-13(2)23-17(30-24(37-23)14-5-6-28-22(27)7-14)12-35-19-8-15(33-3)9-20-16(19)10-21(36-20)18-11-29-25-32(18)31-26(34-4)38-25/h5-11,13H,12H2,1-4H3. The number of hydrogen-bond acceptors (Lipinski definition) is 10. The fourth-order valence-corrected chi connectivity index (χ4v) is 5.86. The Bertz CT molecular complexity index is 1770. The molecule has 0 N–H and O–H groups in total. The smallest absolute Gasteiger partial charge is 0.294 e. The Morgan fingerprint density at radius 3 is 2.71 bits per heavy atom. The number of furan rings is 1. The number of imidazole rings is 1. The molecule has 194 valence electrons. The maximum atomic E-state index is 13.7.